The Labute approximate surface area is 72.6 Å². The van der Waals surface area contributed by atoms with Crippen LogP contribution in [0.3, 0.4) is 0 Å². The first-order valence-corrected chi connectivity index (χ1v) is 4.59. The van der Waals surface area contributed by atoms with Crippen molar-refractivity contribution in [3.8, 4) is 0 Å². The molecule has 0 aromatic heterocycles. The maximum Gasteiger partial charge on any atom is 0.0636 e. The van der Waals surface area contributed by atoms with Crippen LogP contribution in [0, 0.1) is 0 Å². The third-order valence-electron chi connectivity index (χ3n) is 2.39. The van der Waals surface area contributed by atoms with Gasteiger partial charge >= 0.3 is 0 Å². The lowest BCUT2D eigenvalue weighted by molar-refractivity contribution is 0.0177. The maximum absolute atomic E-state index is 5.38. The van der Waals surface area contributed by atoms with Crippen molar-refractivity contribution in [1.82, 2.24) is 10.6 Å². The molecule has 12 heavy (non-hydrogen) atoms. The first kappa shape index (κ1) is 8.44. The van der Waals surface area contributed by atoms with E-state index in [4.69, 9.17) is 9.47 Å². The smallest absolute Gasteiger partial charge is 0.0636 e. The van der Waals surface area contributed by atoms with Gasteiger partial charge in [0, 0.05) is 25.2 Å². The Hall–Kier alpha value is -0.160. The minimum atomic E-state index is 0.430. The number of morpholine rings is 2. The molecule has 2 N–H and O–H groups in total. The van der Waals surface area contributed by atoms with Crippen LogP contribution in [0.2, 0.25) is 0 Å². The van der Waals surface area contributed by atoms with Crippen LogP contribution in [-0.2, 0) is 9.47 Å². The molecule has 2 heterocycles. The molecular formula is C8H16N2O2. The average molecular weight is 172 g/mol. The molecule has 0 radical (unpaired) electrons. The van der Waals surface area contributed by atoms with Crippen LogP contribution in [0.25, 0.3) is 0 Å². The normalized spacial score (nSPS) is 38.0. The molecule has 2 fully saturated rings. The molecule has 2 aliphatic rings. The van der Waals surface area contributed by atoms with Crippen LogP contribution in [0.5, 0.6) is 0 Å². The van der Waals surface area contributed by atoms with E-state index in [0.717, 1.165) is 39.5 Å². The lowest BCUT2D eigenvalue weighted by Gasteiger charge is -2.34. The van der Waals surface area contributed by atoms with E-state index in [1.807, 2.05) is 0 Å². The van der Waals surface area contributed by atoms with Crippen LogP contribution >= 0.6 is 0 Å². The minimum absolute atomic E-state index is 0.430. The summed E-state index contributed by atoms with van der Waals surface area (Å²) in [4.78, 5) is 0. The zero-order valence-electron chi connectivity index (χ0n) is 7.21. The molecule has 0 aromatic carbocycles. The zero-order chi connectivity index (χ0) is 8.23. The summed E-state index contributed by atoms with van der Waals surface area (Å²) in [6.07, 6.45) is 0. The Balaban J connectivity index is 1.80. The van der Waals surface area contributed by atoms with Gasteiger partial charge in [-0.05, 0) is 0 Å². The van der Waals surface area contributed by atoms with Crippen LogP contribution in [-0.4, -0.2) is 51.6 Å². The highest BCUT2D eigenvalue weighted by Gasteiger charge is 2.25. The van der Waals surface area contributed by atoms with Gasteiger partial charge in [0.05, 0.1) is 26.4 Å². The van der Waals surface area contributed by atoms with Crippen molar-refractivity contribution in [2.75, 3.05) is 39.5 Å². The quantitative estimate of drug-likeness (QED) is 0.530. The summed E-state index contributed by atoms with van der Waals surface area (Å²) in [5, 5.41) is 6.84. The van der Waals surface area contributed by atoms with E-state index in [-0.39, 0.29) is 0 Å². The van der Waals surface area contributed by atoms with Crippen LogP contribution < -0.4 is 10.6 Å². The highest BCUT2D eigenvalue weighted by molar-refractivity contribution is 4.85. The van der Waals surface area contributed by atoms with Gasteiger partial charge in [-0.25, -0.2) is 0 Å². The third-order valence-corrected chi connectivity index (χ3v) is 2.39. The molecule has 0 aliphatic carbocycles. The standard InChI is InChI=1S/C8H16N2O2/c1-3-11-5-7(9-1)8-6-12-4-2-10-8/h7-10H,1-6H2/t7-,8-/m1/s1. The molecule has 4 nitrogen and oxygen atoms in total. The van der Waals surface area contributed by atoms with Gasteiger partial charge < -0.3 is 20.1 Å². The fraction of sp³-hybridized carbons (Fsp3) is 1.00. The van der Waals surface area contributed by atoms with E-state index in [2.05, 4.69) is 10.6 Å². The second-order valence-electron chi connectivity index (χ2n) is 3.27. The van der Waals surface area contributed by atoms with Crippen LogP contribution in [0.1, 0.15) is 0 Å². The van der Waals surface area contributed by atoms with Gasteiger partial charge in [0.15, 0.2) is 0 Å². The van der Waals surface area contributed by atoms with Crippen LogP contribution in [0.4, 0.5) is 0 Å². The van der Waals surface area contributed by atoms with E-state index in [1.165, 1.54) is 0 Å². The second-order valence-corrected chi connectivity index (χ2v) is 3.27. The average Bonchev–Trinajstić information content (AvgIpc) is 2.21. The number of hydrogen-bond acceptors (Lipinski definition) is 4. The van der Waals surface area contributed by atoms with Gasteiger partial charge in [0.1, 0.15) is 0 Å². The Kier molecular flexibility index (Phi) is 2.94. The van der Waals surface area contributed by atoms with E-state index in [1.54, 1.807) is 0 Å². The summed E-state index contributed by atoms with van der Waals surface area (Å²) < 4.78 is 10.8. The third kappa shape index (κ3) is 1.95. The zero-order valence-corrected chi connectivity index (χ0v) is 7.21. The Morgan fingerprint density at radius 2 is 1.33 bits per heavy atom. The largest absolute Gasteiger partial charge is 0.378 e. The maximum atomic E-state index is 5.38. The fourth-order valence-electron chi connectivity index (χ4n) is 1.69. The number of nitrogens with one attached hydrogen (secondary N) is 2. The Morgan fingerprint density at radius 1 is 0.833 bits per heavy atom. The van der Waals surface area contributed by atoms with E-state index in [0.29, 0.717) is 12.1 Å². The number of rotatable bonds is 1. The van der Waals surface area contributed by atoms with Gasteiger partial charge in [0.25, 0.3) is 0 Å². The summed E-state index contributed by atoms with van der Waals surface area (Å²) in [6, 6.07) is 0.859. The van der Waals surface area contributed by atoms with Gasteiger partial charge in [-0.2, -0.15) is 0 Å². The first-order valence-electron chi connectivity index (χ1n) is 4.59. The SMILES string of the molecule is C1COC[C@H]([C@H]2COCCN2)N1. The molecule has 2 rings (SSSR count). The Bertz CT molecular complexity index is 115. The monoisotopic (exact) mass is 172 g/mol. The molecule has 2 aliphatic heterocycles. The van der Waals surface area contributed by atoms with Crippen molar-refractivity contribution >= 4 is 0 Å². The topological polar surface area (TPSA) is 42.5 Å². The summed E-state index contributed by atoms with van der Waals surface area (Å²) in [7, 11) is 0. The molecule has 4 heteroatoms. The molecule has 0 bridgehead atoms. The Morgan fingerprint density at radius 3 is 1.67 bits per heavy atom. The van der Waals surface area contributed by atoms with Crippen LogP contribution in [0.15, 0.2) is 0 Å². The summed E-state index contributed by atoms with van der Waals surface area (Å²) in [6.45, 7) is 5.21. The molecule has 70 valence electrons. The molecule has 0 saturated carbocycles. The van der Waals surface area contributed by atoms with Crippen molar-refractivity contribution in [3.63, 3.8) is 0 Å². The molecule has 0 aromatic rings. The van der Waals surface area contributed by atoms with Gasteiger partial charge in [0.2, 0.25) is 0 Å². The lowest BCUT2D eigenvalue weighted by atomic mass is 10.1. The summed E-state index contributed by atoms with van der Waals surface area (Å²) in [5.41, 5.74) is 0. The lowest BCUT2D eigenvalue weighted by Crippen LogP contribution is -2.58. The van der Waals surface area contributed by atoms with Gasteiger partial charge in [-0.3, -0.25) is 0 Å². The molecule has 0 amide bonds. The second kappa shape index (κ2) is 4.18. The molecule has 0 unspecified atom stereocenters. The van der Waals surface area contributed by atoms with Crippen molar-refractivity contribution in [1.29, 1.82) is 0 Å². The van der Waals surface area contributed by atoms with Crippen molar-refractivity contribution < 1.29 is 9.47 Å². The molecule has 2 atom stereocenters. The minimum Gasteiger partial charge on any atom is -0.378 e. The van der Waals surface area contributed by atoms with Crippen molar-refractivity contribution in [2.45, 2.75) is 12.1 Å². The predicted molar refractivity (Wildman–Crippen MR) is 45.2 cm³/mol. The van der Waals surface area contributed by atoms with E-state index in [9.17, 15) is 0 Å². The first-order chi connectivity index (χ1) is 5.97. The van der Waals surface area contributed by atoms with E-state index >= 15 is 0 Å². The molecule has 0 spiro atoms. The van der Waals surface area contributed by atoms with E-state index < -0.39 is 0 Å². The fourth-order valence-corrected chi connectivity index (χ4v) is 1.69. The highest BCUT2D eigenvalue weighted by Crippen LogP contribution is 2.03. The number of ether oxygens (including phenoxy) is 2. The van der Waals surface area contributed by atoms with Gasteiger partial charge in [-0.15, -0.1) is 0 Å². The van der Waals surface area contributed by atoms with Crippen molar-refractivity contribution in [3.05, 3.63) is 0 Å². The molecular weight excluding hydrogens is 156 g/mol. The summed E-state index contributed by atoms with van der Waals surface area (Å²) in [5.74, 6) is 0. The highest BCUT2D eigenvalue weighted by atomic mass is 16.5. The van der Waals surface area contributed by atoms with Crippen molar-refractivity contribution in [2.24, 2.45) is 0 Å². The number of hydrogen-bond donors (Lipinski definition) is 2. The predicted octanol–water partition coefficient (Wildman–Crippen LogP) is -1.04. The van der Waals surface area contributed by atoms with Gasteiger partial charge in [-0.1, -0.05) is 0 Å². The summed E-state index contributed by atoms with van der Waals surface area (Å²) >= 11 is 0. The molecule has 2 saturated heterocycles.